The lowest BCUT2D eigenvalue weighted by atomic mass is 9.43. The Morgan fingerprint density at radius 1 is 0.543 bits per heavy atom. The van der Waals surface area contributed by atoms with Crippen LogP contribution in [-0.4, -0.2) is 15.0 Å². The molecule has 5 aromatic carbocycles. The Morgan fingerprint density at radius 2 is 1.17 bits per heavy atom. The van der Waals surface area contributed by atoms with Gasteiger partial charge < -0.3 is 0 Å². The highest BCUT2D eigenvalue weighted by Crippen LogP contribution is 2.70. The fraction of sp³-hybridized carbons (Fsp3) is 0.238. The van der Waals surface area contributed by atoms with E-state index in [-0.39, 0.29) is 5.41 Å². The lowest BCUT2D eigenvalue weighted by Crippen LogP contribution is -2.55. The maximum absolute atomic E-state index is 7.43. The van der Waals surface area contributed by atoms with E-state index in [9.17, 15) is 0 Å². The number of hydrogen-bond acceptors (Lipinski definition) is 3. The summed E-state index contributed by atoms with van der Waals surface area (Å²) in [7, 11) is 0. The molecule has 0 radical (unpaired) electrons. The summed E-state index contributed by atoms with van der Waals surface area (Å²) in [6, 6.07) is 38.5. The topological polar surface area (TPSA) is 43.0 Å². The maximum atomic E-state index is 7.43. The lowest BCUT2D eigenvalue weighted by Gasteiger charge is -2.61. The van der Waals surface area contributed by atoms with Crippen molar-refractivity contribution < 1.29 is 0 Å². The van der Waals surface area contributed by atoms with Crippen molar-refractivity contribution in [2.45, 2.75) is 37.5 Å². The second-order valence-electron chi connectivity index (χ2n) is 13.9. The minimum absolute atomic E-state index is 0.0475. The van der Waals surface area contributed by atoms with Gasteiger partial charge in [-0.05, 0) is 88.8 Å². The minimum Gasteiger partial charge on any atom is -0.238 e. The minimum atomic E-state index is 0.0475. The second-order valence-corrected chi connectivity index (χ2v) is 13.9. The highest BCUT2D eigenvalue weighted by atomic mass is 15.0. The summed E-state index contributed by atoms with van der Waals surface area (Å²) in [5.41, 5.74) is 9.31. The van der Waals surface area contributed by atoms with Crippen LogP contribution in [0.4, 0.5) is 5.69 Å². The molecule has 4 fully saturated rings. The van der Waals surface area contributed by atoms with Crippen molar-refractivity contribution in [2.75, 3.05) is 0 Å². The van der Waals surface area contributed by atoms with E-state index in [4.69, 9.17) is 21.5 Å². The number of hydrogen-bond donors (Lipinski definition) is 0. The SMILES string of the molecule is [C-]#[N+]c1ccc(-c2nc(-c3ccccc3)nc(-c3cccc4c3-c3c(ccc5ccccc35)C43C4CC5CC(C4)CC3C5)n2)cc1. The van der Waals surface area contributed by atoms with Crippen LogP contribution in [0, 0.1) is 30.2 Å². The fourth-order valence-electron chi connectivity index (χ4n) is 10.2. The predicted molar refractivity (Wildman–Crippen MR) is 183 cm³/mol. The maximum Gasteiger partial charge on any atom is 0.187 e. The smallest absolute Gasteiger partial charge is 0.187 e. The fourth-order valence-corrected chi connectivity index (χ4v) is 10.2. The first-order valence-electron chi connectivity index (χ1n) is 16.7. The number of nitrogens with zero attached hydrogens (tertiary/aromatic N) is 4. The van der Waals surface area contributed by atoms with Crippen LogP contribution >= 0.6 is 0 Å². The van der Waals surface area contributed by atoms with Crippen molar-refractivity contribution in [3.8, 4) is 45.3 Å². The van der Waals surface area contributed by atoms with Gasteiger partial charge in [0.25, 0.3) is 0 Å². The van der Waals surface area contributed by atoms with E-state index in [1.54, 1.807) is 0 Å². The molecular formula is C42H32N4. The Morgan fingerprint density at radius 3 is 1.89 bits per heavy atom. The molecule has 0 N–H and O–H groups in total. The van der Waals surface area contributed by atoms with Gasteiger partial charge in [-0.3, -0.25) is 0 Å². The molecule has 6 aromatic rings. The first kappa shape index (κ1) is 26.1. The zero-order chi connectivity index (χ0) is 30.4. The number of aromatic nitrogens is 3. The van der Waals surface area contributed by atoms with Crippen LogP contribution < -0.4 is 0 Å². The molecule has 220 valence electrons. The van der Waals surface area contributed by atoms with Crippen LogP contribution in [0.3, 0.4) is 0 Å². The lowest BCUT2D eigenvalue weighted by molar-refractivity contribution is -0.0399. The molecule has 1 aromatic heterocycles. The molecule has 4 bridgehead atoms. The quantitative estimate of drug-likeness (QED) is 0.192. The van der Waals surface area contributed by atoms with E-state index >= 15 is 0 Å². The highest BCUT2D eigenvalue weighted by Gasteiger charge is 2.62. The summed E-state index contributed by atoms with van der Waals surface area (Å²) in [6.45, 7) is 7.43. The highest BCUT2D eigenvalue weighted by molar-refractivity contribution is 6.06. The van der Waals surface area contributed by atoms with Crippen LogP contribution in [0.15, 0.2) is 109 Å². The molecule has 46 heavy (non-hydrogen) atoms. The molecular weight excluding hydrogens is 560 g/mol. The zero-order valence-corrected chi connectivity index (χ0v) is 25.5. The zero-order valence-electron chi connectivity index (χ0n) is 25.5. The van der Waals surface area contributed by atoms with E-state index in [2.05, 4.69) is 71.6 Å². The molecule has 0 aliphatic heterocycles. The third-order valence-corrected chi connectivity index (χ3v) is 11.7. The molecule has 0 unspecified atom stereocenters. The molecule has 11 rings (SSSR count). The van der Waals surface area contributed by atoms with E-state index in [1.807, 2.05) is 42.5 Å². The summed E-state index contributed by atoms with van der Waals surface area (Å²) in [5.74, 6) is 5.11. The van der Waals surface area contributed by atoms with E-state index in [0.717, 1.165) is 28.5 Å². The van der Waals surface area contributed by atoms with Crippen molar-refractivity contribution in [3.05, 3.63) is 132 Å². The third kappa shape index (κ3) is 3.57. The molecule has 5 aliphatic rings. The molecule has 0 amide bonds. The molecule has 4 nitrogen and oxygen atoms in total. The van der Waals surface area contributed by atoms with Crippen LogP contribution in [0.2, 0.25) is 0 Å². The largest absolute Gasteiger partial charge is 0.238 e. The van der Waals surface area contributed by atoms with Crippen LogP contribution in [0.5, 0.6) is 0 Å². The first-order chi connectivity index (χ1) is 22.7. The Balaban J connectivity index is 1.26. The average Bonchev–Trinajstić information content (AvgIpc) is 3.42. The van der Waals surface area contributed by atoms with Gasteiger partial charge in [0.2, 0.25) is 0 Å². The van der Waals surface area contributed by atoms with E-state index in [1.165, 1.54) is 65.1 Å². The molecule has 4 saturated carbocycles. The normalized spacial score (nSPS) is 25.0. The van der Waals surface area contributed by atoms with Gasteiger partial charge in [0, 0.05) is 22.1 Å². The summed E-state index contributed by atoms with van der Waals surface area (Å²) in [6.07, 6.45) is 6.82. The molecule has 1 heterocycles. The summed E-state index contributed by atoms with van der Waals surface area (Å²) in [4.78, 5) is 19.0. The molecule has 5 aliphatic carbocycles. The molecule has 0 atom stereocenters. The second kappa shape index (κ2) is 9.68. The monoisotopic (exact) mass is 592 g/mol. The van der Waals surface area contributed by atoms with Gasteiger partial charge in [0.15, 0.2) is 23.2 Å². The van der Waals surface area contributed by atoms with E-state index in [0.29, 0.717) is 35.0 Å². The summed E-state index contributed by atoms with van der Waals surface area (Å²) < 4.78 is 0. The molecule has 0 saturated heterocycles. The Labute approximate surface area is 269 Å². The van der Waals surface area contributed by atoms with Crippen molar-refractivity contribution in [1.82, 2.24) is 15.0 Å². The number of fused-ring (bicyclic) bond motifs is 5. The van der Waals surface area contributed by atoms with Gasteiger partial charge in [-0.25, -0.2) is 19.8 Å². The molecule has 1 spiro atoms. The third-order valence-electron chi connectivity index (χ3n) is 11.7. The molecule has 4 heteroatoms. The van der Waals surface area contributed by atoms with Gasteiger partial charge in [0.1, 0.15) is 0 Å². The van der Waals surface area contributed by atoms with Gasteiger partial charge in [-0.1, -0.05) is 109 Å². The van der Waals surface area contributed by atoms with Gasteiger partial charge >= 0.3 is 0 Å². The summed E-state index contributed by atoms with van der Waals surface area (Å²) in [5, 5.41) is 2.61. The Kier molecular flexibility index (Phi) is 5.49. The Bertz CT molecular complexity index is 2200. The first-order valence-corrected chi connectivity index (χ1v) is 16.7. The van der Waals surface area contributed by atoms with Crippen molar-refractivity contribution in [1.29, 1.82) is 0 Å². The van der Waals surface area contributed by atoms with Crippen molar-refractivity contribution in [3.63, 3.8) is 0 Å². The number of rotatable bonds is 3. The van der Waals surface area contributed by atoms with Gasteiger partial charge in [-0.2, -0.15) is 0 Å². The summed E-state index contributed by atoms with van der Waals surface area (Å²) >= 11 is 0. The van der Waals surface area contributed by atoms with Crippen molar-refractivity contribution >= 4 is 16.5 Å². The van der Waals surface area contributed by atoms with E-state index < -0.39 is 0 Å². The van der Waals surface area contributed by atoms with Crippen molar-refractivity contribution in [2.24, 2.45) is 23.7 Å². The predicted octanol–water partition coefficient (Wildman–Crippen LogP) is 10.3. The van der Waals surface area contributed by atoms with Gasteiger partial charge in [0.05, 0.1) is 6.57 Å². The Hall–Kier alpha value is -5.14. The number of benzene rings is 5. The standard InChI is InChI=1S/C42H32N4/c1-43-32-17-14-29(15-18-32)40-44-39(28-9-3-2-4-10-28)45-41(46-40)34-12-7-13-35-38(34)37-33-11-6-5-8-27(33)16-19-36(37)42(35)30-21-25-20-26(23-30)24-31(42)22-25/h2-19,25-26,30-31H,20-24H2. The van der Waals surface area contributed by atoms with Crippen LogP contribution in [-0.2, 0) is 5.41 Å². The van der Waals surface area contributed by atoms with Gasteiger partial charge in [-0.15, -0.1) is 0 Å². The van der Waals surface area contributed by atoms with Crippen LogP contribution in [0.1, 0.15) is 43.2 Å². The average molecular weight is 593 g/mol. The van der Waals surface area contributed by atoms with Crippen LogP contribution in [0.25, 0.3) is 60.9 Å².